The maximum absolute atomic E-state index is 11.9. The fourth-order valence-corrected chi connectivity index (χ4v) is 4.75. The quantitative estimate of drug-likeness (QED) is 0.794. The first kappa shape index (κ1) is 17.4. The first-order chi connectivity index (χ1) is 11.5. The highest BCUT2D eigenvalue weighted by molar-refractivity contribution is 7.92. The van der Waals surface area contributed by atoms with Crippen LogP contribution in [0.3, 0.4) is 0 Å². The van der Waals surface area contributed by atoms with E-state index >= 15 is 0 Å². The lowest BCUT2D eigenvalue weighted by Crippen LogP contribution is -2.34. The fraction of sp³-hybridized carbons (Fsp3) is 0.600. The van der Waals surface area contributed by atoms with Crippen molar-refractivity contribution < 1.29 is 8.42 Å². The first-order valence-electron chi connectivity index (χ1n) is 8.02. The minimum atomic E-state index is -3.27. The molecule has 0 aromatic carbocycles. The molecule has 0 bridgehead atoms. The number of piperidine rings is 1. The smallest absolute Gasteiger partial charge is 0.188 e. The third-order valence-electron chi connectivity index (χ3n) is 4.19. The summed E-state index contributed by atoms with van der Waals surface area (Å²) in [5, 5.41) is 4.11. The van der Waals surface area contributed by atoms with E-state index in [2.05, 4.69) is 24.5 Å². The molecule has 2 aromatic heterocycles. The van der Waals surface area contributed by atoms with Crippen LogP contribution in [0.2, 0.25) is 0 Å². The van der Waals surface area contributed by atoms with Crippen LogP contribution in [-0.4, -0.2) is 52.2 Å². The molecule has 2 aromatic rings. The van der Waals surface area contributed by atoms with Gasteiger partial charge in [0.15, 0.2) is 14.0 Å². The Labute approximate surface area is 146 Å². The van der Waals surface area contributed by atoms with E-state index in [-0.39, 0.29) is 5.92 Å². The molecule has 1 unspecified atom stereocenters. The van der Waals surface area contributed by atoms with Gasteiger partial charge in [-0.25, -0.2) is 18.4 Å². The molecule has 24 heavy (non-hydrogen) atoms. The molecular weight excluding hydrogens is 346 g/mol. The van der Waals surface area contributed by atoms with Crippen LogP contribution in [0, 0.1) is 0 Å². The molecule has 0 aliphatic carbocycles. The Bertz CT molecular complexity index is 788. The fourth-order valence-electron chi connectivity index (χ4n) is 3.02. The molecule has 1 aliphatic rings. The van der Waals surface area contributed by atoms with Gasteiger partial charge in [-0.3, -0.25) is 4.90 Å². The predicted octanol–water partition coefficient (Wildman–Crippen LogP) is 1.67. The van der Waals surface area contributed by atoms with E-state index in [0.29, 0.717) is 9.90 Å². The number of rotatable bonds is 5. The SMILES string of the molecule is CCc1ncc(CN2CCCC(c3nnsc3S(C)(=O)=O)C2)cn1. The van der Waals surface area contributed by atoms with E-state index in [1.165, 1.54) is 6.26 Å². The molecule has 0 saturated carbocycles. The summed E-state index contributed by atoms with van der Waals surface area (Å²) in [5.41, 5.74) is 1.71. The summed E-state index contributed by atoms with van der Waals surface area (Å²) in [4.78, 5) is 11.0. The van der Waals surface area contributed by atoms with Crippen molar-refractivity contribution in [1.82, 2.24) is 24.5 Å². The van der Waals surface area contributed by atoms with Gasteiger partial charge in [0.25, 0.3) is 0 Å². The van der Waals surface area contributed by atoms with Crippen molar-refractivity contribution in [2.45, 2.75) is 42.9 Å². The van der Waals surface area contributed by atoms with Gasteiger partial charge in [-0.2, -0.15) is 0 Å². The summed E-state index contributed by atoms with van der Waals surface area (Å²) in [5.74, 6) is 0.958. The van der Waals surface area contributed by atoms with Gasteiger partial charge in [-0.1, -0.05) is 11.4 Å². The molecule has 3 heterocycles. The van der Waals surface area contributed by atoms with Crippen molar-refractivity contribution in [2.75, 3.05) is 19.3 Å². The largest absolute Gasteiger partial charge is 0.298 e. The van der Waals surface area contributed by atoms with Gasteiger partial charge >= 0.3 is 0 Å². The minimum absolute atomic E-state index is 0.109. The third kappa shape index (κ3) is 3.96. The van der Waals surface area contributed by atoms with E-state index in [0.717, 1.165) is 61.8 Å². The molecule has 1 atom stereocenters. The van der Waals surface area contributed by atoms with E-state index < -0.39 is 9.84 Å². The summed E-state index contributed by atoms with van der Waals surface area (Å²) in [6.07, 6.45) is 7.76. The normalized spacial score (nSPS) is 19.5. The van der Waals surface area contributed by atoms with Crippen LogP contribution in [0.25, 0.3) is 0 Å². The number of sulfone groups is 1. The topological polar surface area (TPSA) is 88.9 Å². The van der Waals surface area contributed by atoms with Crippen LogP contribution >= 0.6 is 11.5 Å². The monoisotopic (exact) mass is 367 g/mol. The van der Waals surface area contributed by atoms with Crippen LogP contribution in [0.15, 0.2) is 16.6 Å². The molecule has 7 nitrogen and oxygen atoms in total. The highest BCUT2D eigenvalue weighted by atomic mass is 32.2. The van der Waals surface area contributed by atoms with Crippen LogP contribution in [-0.2, 0) is 22.8 Å². The van der Waals surface area contributed by atoms with Gasteiger partial charge in [0.2, 0.25) is 0 Å². The average Bonchev–Trinajstić information content (AvgIpc) is 3.06. The van der Waals surface area contributed by atoms with Crippen molar-refractivity contribution in [3.63, 3.8) is 0 Å². The van der Waals surface area contributed by atoms with Gasteiger partial charge in [-0.15, -0.1) is 5.10 Å². The van der Waals surface area contributed by atoms with Gasteiger partial charge in [-0.05, 0) is 19.4 Å². The van der Waals surface area contributed by atoms with Gasteiger partial charge in [0, 0.05) is 61.2 Å². The summed E-state index contributed by atoms with van der Waals surface area (Å²) < 4.78 is 28.0. The molecule has 1 aliphatic heterocycles. The lowest BCUT2D eigenvalue weighted by molar-refractivity contribution is 0.197. The van der Waals surface area contributed by atoms with Gasteiger partial charge in [0.05, 0.1) is 5.69 Å². The van der Waals surface area contributed by atoms with E-state index in [1.807, 2.05) is 19.3 Å². The first-order valence-corrected chi connectivity index (χ1v) is 10.7. The van der Waals surface area contributed by atoms with E-state index in [4.69, 9.17) is 0 Å². The van der Waals surface area contributed by atoms with Crippen molar-refractivity contribution in [3.05, 3.63) is 29.5 Å². The number of aryl methyl sites for hydroxylation is 1. The zero-order chi connectivity index (χ0) is 17.2. The number of hydrogen-bond donors (Lipinski definition) is 0. The molecule has 1 fully saturated rings. The number of aromatic nitrogens is 4. The number of nitrogens with zero attached hydrogens (tertiary/aromatic N) is 5. The number of hydrogen-bond acceptors (Lipinski definition) is 8. The highest BCUT2D eigenvalue weighted by Gasteiger charge is 2.29. The van der Waals surface area contributed by atoms with Crippen molar-refractivity contribution >= 4 is 21.4 Å². The molecule has 0 spiro atoms. The lowest BCUT2D eigenvalue weighted by Gasteiger charge is -2.31. The summed E-state index contributed by atoms with van der Waals surface area (Å²) in [6.45, 7) is 4.57. The summed E-state index contributed by atoms with van der Waals surface area (Å²) in [7, 11) is -3.27. The van der Waals surface area contributed by atoms with Crippen molar-refractivity contribution in [2.24, 2.45) is 0 Å². The second-order valence-corrected chi connectivity index (χ2v) is 9.12. The second kappa shape index (κ2) is 7.20. The molecule has 9 heteroatoms. The van der Waals surface area contributed by atoms with Crippen LogP contribution < -0.4 is 0 Å². The molecule has 0 radical (unpaired) electrons. The maximum Gasteiger partial charge on any atom is 0.188 e. The number of likely N-dealkylation sites (tertiary alicyclic amines) is 1. The molecule has 130 valence electrons. The van der Waals surface area contributed by atoms with E-state index in [1.54, 1.807) is 0 Å². The third-order valence-corrected chi connectivity index (χ3v) is 6.74. The van der Waals surface area contributed by atoms with Crippen LogP contribution in [0.4, 0.5) is 0 Å². The minimum Gasteiger partial charge on any atom is -0.298 e. The lowest BCUT2D eigenvalue weighted by atomic mass is 9.95. The van der Waals surface area contributed by atoms with Crippen molar-refractivity contribution in [1.29, 1.82) is 0 Å². The summed E-state index contributed by atoms with van der Waals surface area (Å²) >= 11 is 0.972. The second-order valence-electron chi connectivity index (χ2n) is 6.15. The Balaban J connectivity index is 1.71. The molecule has 0 N–H and O–H groups in total. The zero-order valence-corrected chi connectivity index (χ0v) is 15.5. The standard InChI is InChI=1S/C15H21N5O2S2/c1-3-13-16-7-11(8-17-13)9-20-6-4-5-12(10-20)14-15(23-19-18-14)24(2,21)22/h7-8,12H,3-6,9-10H2,1-2H3. The highest BCUT2D eigenvalue weighted by Crippen LogP contribution is 2.32. The maximum atomic E-state index is 11.9. The van der Waals surface area contributed by atoms with Crippen molar-refractivity contribution in [3.8, 4) is 0 Å². The Morgan fingerprint density at radius 1 is 1.33 bits per heavy atom. The average molecular weight is 368 g/mol. The van der Waals surface area contributed by atoms with Gasteiger partial charge in [0.1, 0.15) is 5.82 Å². The van der Waals surface area contributed by atoms with E-state index in [9.17, 15) is 8.42 Å². The van der Waals surface area contributed by atoms with Crippen LogP contribution in [0.1, 0.15) is 42.8 Å². The Kier molecular flexibility index (Phi) is 5.21. The summed E-state index contributed by atoms with van der Waals surface area (Å²) in [6, 6.07) is 0. The molecular formula is C15H21N5O2S2. The predicted molar refractivity (Wildman–Crippen MR) is 91.7 cm³/mol. The van der Waals surface area contributed by atoms with Crippen LogP contribution in [0.5, 0.6) is 0 Å². The molecule has 3 rings (SSSR count). The Hall–Kier alpha value is -1.45. The Morgan fingerprint density at radius 3 is 2.75 bits per heavy atom. The van der Waals surface area contributed by atoms with Gasteiger partial charge < -0.3 is 0 Å². The Morgan fingerprint density at radius 2 is 2.08 bits per heavy atom. The molecule has 1 saturated heterocycles. The zero-order valence-electron chi connectivity index (χ0n) is 13.8. The molecule has 0 amide bonds.